The first-order chi connectivity index (χ1) is 19.4. The van der Waals surface area contributed by atoms with Gasteiger partial charge < -0.3 is 14.2 Å². The van der Waals surface area contributed by atoms with Crippen molar-refractivity contribution in [1.82, 2.24) is 4.57 Å². The molecule has 1 atom stereocenters. The van der Waals surface area contributed by atoms with Crippen molar-refractivity contribution in [2.75, 3.05) is 19.8 Å². The van der Waals surface area contributed by atoms with E-state index in [1.165, 1.54) is 37.3 Å². The topological polar surface area (TPSA) is 96.2 Å². The van der Waals surface area contributed by atoms with Crippen molar-refractivity contribution in [3.05, 3.63) is 94.0 Å². The van der Waals surface area contributed by atoms with Crippen molar-refractivity contribution in [1.29, 1.82) is 0 Å². The van der Waals surface area contributed by atoms with Crippen molar-refractivity contribution in [3.8, 4) is 5.75 Å². The third kappa shape index (κ3) is 6.74. The van der Waals surface area contributed by atoms with Crippen LogP contribution in [-0.4, -0.2) is 42.5 Å². The molecule has 1 aliphatic heterocycles. The number of ether oxygens (including phenoxy) is 3. The smallest absolute Gasteiger partial charge is 0.434 e. The standard InChI is InChI=1S/C27H21BrClF3N2O6S/c1-3-38-20(35)13-40-18-10-5-14(11-17(18)28)12-19-24(36)34-22(15-6-8-16(29)9-7-15)21(25(37)39-4-2)23(27(30,31)32)33-26(34)41-19/h5-12,22H,3-4,13H2,1-2H3/b19-12-/t22-/m0/s1. The molecule has 0 fully saturated rings. The van der Waals surface area contributed by atoms with Gasteiger partial charge in [-0.1, -0.05) is 41.1 Å². The molecule has 41 heavy (non-hydrogen) atoms. The Hall–Kier alpha value is -3.42. The quantitative estimate of drug-likeness (QED) is 0.322. The number of nitrogens with zero attached hydrogens (tertiary/aromatic N) is 2. The maximum atomic E-state index is 14.2. The number of hydrogen-bond donors (Lipinski definition) is 0. The molecule has 4 rings (SSSR count). The zero-order valence-corrected chi connectivity index (χ0v) is 24.6. The fourth-order valence-corrected chi connectivity index (χ4v) is 5.65. The van der Waals surface area contributed by atoms with Gasteiger partial charge in [0.1, 0.15) is 5.75 Å². The van der Waals surface area contributed by atoms with Gasteiger partial charge in [0.2, 0.25) is 0 Å². The van der Waals surface area contributed by atoms with E-state index in [9.17, 15) is 27.6 Å². The Morgan fingerprint density at radius 3 is 2.41 bits per heavy atom. The Bertz CT molecular complexity index is 1700. The average molecular weight is 674 g/mol. The van der Waals surface area contributed by atoms with Crippen LogP contribution < -0.4 is 19.6 Å². The van der Waals surface area contributed by atoms with Crippen LogP contribution in [-0.2, 0) is 19.1 Å². The molecule has 0 saturated heterocycles. The van der Waals surface area contributed by atoms with Gasteiger partial charge in [-0.15, -0.1) is 0 Å². The van der Waals surface area contributed by atoms with Crippen molar-refractivity contribution >= 4 is 56.9 Å². The fraction of sp³-hybridized carbons (Fsp3) is 0.259. The molecule has 8 nitrogen and oxygen atoms in total. The maximum absolute atomic E-state index is 14.2. The SMILES string of the molecule is CCOC(=O)COc1ccc(/C=c2\sc3n(c2=O)[C@@H](c2ccc(Cl)cc2)C(C(=O)OCC)=C(C(F)(F)F)N=3)cc1Br. The third-order valence-corrected chi connectivity index (χ3v) is 7.54. The lowest BCUT2D eigenvalue weighted by molar-refractivity contribution is -0.145. The molecule has 14 heteroatoms. The molecule has 216 valence electrons. The van der Waals surface area contributed by atoms with Gasteiger partial charge >= 0.3 is 18.1 Å². The minimum Gasteiger partial charge on any atom is -0.481 e. The first kappa shape index (κ1) is 30.5. The maximum Gasteiger partial charge on any atom is 0.434 e. The minimum atomic E-state index is -5.01. The van der Waals surface area contributed by atoms with Crippen LogP contribution in [0, 0.1) is 0 Å². The summed E-state index contributed by atoms with van der Waals surface area (Å²) in [4.78, 5) is 41.6. The summed E-state index contributed by atoms with van der Waals surface area (Å²) in [6.07, 6.45) is -3.53. The molecule has 0 N–H and O–H groups in total. The minimum absolute atomic E-state index is 0.0708. The summed E-state index contributed by atoms with van der Waals surface area (Å²) in [6.45, 7) is 2.86. The van der Waals surface area contributed by atoms with Gasteiger partial charge in [0.05, 0.1) is 33.8 Å². The van der Waals surface area contributed by atoms with Crippen LogP contribution in [0.4, 0.5) is 13.2 Å². The van der Waals surface area contributed by atoms with Gasteiger partial charge in [-0.3, -0.25) is 9.36 Å². The number of carbonyl (C=O) groups is 2. The summed E-state index contributed by atoms with van der Waals surface area (Å²) in [5.74, 6) is -1.44. The lowest BCUT2D eigenvalue weighted by Crippen LogP contribution is -2.41. The fourth-order valence-electron chi connectivity index (χ4n) is 4.02. The van der Waals surface area contributed by atoms with Crippen LogP contribution in [0.3, 0.4) is 0 Å². The largest absolute Gasteiger partial charge is 0.481 e. The van der Waals surface area contributed by atoms with Crippen LogP contribution in [0.1, 0.15) is 31.0 Å². The normalized spacial score (nSPS) is 15.3. The van der Waals surface area contributed by atoms with Gasteiger partial charge in [0, 0.05) is 5.02 Å². The highest BCUT2D eigenvalue weighted by molar-refractivity contribution is 9.10. The van der Waals surface area contributed by atoms with Crippen LogP contribution in [0.2, 0.25) is 5.02 Å². The van der Waals surface area contributed by atoms with E-state index in [0.717, 1.165) is 15.9 Å². The number of halogens is 5. The molecule has 1 aromatic heterocycles. The number of benzene rings is 2. The van der Waals surface area contributed by atoms with Gasteiger partial charge in [0.25, 0.3) is 5.56 Å². The second-order valence-electron chi connectivity index (χ2n) is 8.40. The number of hydrogen-bond acceptors (Lipinski definition) is 8. The van der Waals surface area contributed by atoms with E-state index in [4.69, 9.17) is 25.8 Å². The summed E-state index contributed by atoms with van der Waals surface area (Å²) in [5.41, 5.74) is -2.17. The molecule has 0 bridgehead atoms. The molecule has 0 radical (unpaired) electrons. The van der Waals surface area contributed by atoms with Gasteiger partial charge in [-0.25, -0.2) is 14.6 Å². The highest BCUT2D eigenvalue weighted by Gasteiger charge is 2.45. The Morgan fingerprint density at radius 1 is 1.12 bits per heavy atom. The second kappa shape index (κ2) is 12.6. The molecule has 3 aromatic rings. The van der Waals surface area contributed by atoms with Gasteiger partial charge in [0.15, 0.2) is 17.1 Å². The number of carbonyl (C=O) groups excluding carboxylic acids is 2. The highest BCUT2D eigenvalue weighted by Crippen LogP contribution is 2.38. The monoisotopic (exact) mass is 672 g/mol. The first-order valence-electron chi connectivity index (χ1n) is 12.1. The number of esters is 2. The summed E-state index contributed by atoms with van der Waals surface area (Å²) in [5, 5.41) is 0.319. The van der Waals surface area contributed by atoms with E-state index in [0.29, 0.717) is 20.8 Å². The number of thiazole rings is 1. The van der Waals surface area contributed by atoms with E-state index in [2.05, 4.69) is 20.9 Å². The number of allylic oxidation sites excluding steroid dienone is 1. The Balaban J connectivity index is 1.86. The Morgan fingerprint density at radius 2 is 1.80 bits per heavy atom. The lowest BCUT2D eigenvalue weighted by Gasteiger charge is -2.26. The first-order valence-corrected chi connectivity index (χ1v) is 14.1. The second-order valence-corrected chi connectivity index (χ2v) is 10.7. The summed E-state index contributed by atoms with van der Waals surface area (Å²) in [6, 6.07) is 9.09. The van der Waals surface area contributed by atoms with E-state index in [-0.39, 0.29) is 34.7 Å². The van der Waals surface area contributed by atoms with Crippen LogP contribution in [0.15, 0.2) is 68.0 Å². The van der Waals surface area contributed by atoms with Crippen molar-refractivity contribution in [2.24, 2.45) is 4.99 Å². The predicted molar refractivity (Wildman–Crippen MR) is 149 cm³/mol. The molecule has 2 aromatic carbocycles. The molecule has 0 aliphatic carbocycles. The predicted octanol–water partition coefficient (Wildman–Crippen LogP) is 4.70. The summed E-state index contributed by atoms with van der Waals surface area (Å²) < 4.78 is 59.5. The van der Waals surface area contributed by atoms with Crippen molar-refractivity contribution in [2.45, 2.75) is 26.1 Å². The van der Waals surface area contributed by atoms with E-state index in [1.807, 2.05) is 0 Å². The molecule has 0 amide bonds. The van der Waals surface area contributed by atoms with Crippen molar-refractivity contribution < 1.29 is 37.0 Å². The number of aromatic nitrogens is 1. The van der Waals surface area contributed by atoms with E-state index < -0.39 is 41.0 Å². The zero-order chi connectivity index (χ0) is 29.9. The van der Waals surface area contributed by atoms with Gasteiger partial charge in [-0.05, 0) is 71.2 Å². The number of rotatable bonds is 8. The van der Waals surface area contributed by atoms with Crippen LogP contribution >= 0.6 is 38.9 Å². The zero-order valence-electron chi connectivity index (χ0n) is 21.5. The van der Waals surface area contributed by atoms with Crippen LogP contribution in [0.25, 0.3) is 6.08 Å². The number of fused-ring (bicyclic) bond motifs is 1. The summed E-state index contributed by atoms with van der Waals surface area (Å²) >= 11 is 10.1. The highest BCUT2D eigenvalue weighted by atomic mass is 79.9. The summed E-state index contributed by atoms with van der Waals surface area (Å²) in [7, 11) is 0. The molecule has 2 heterocycles. The molecule has 0 spiro atoms. The van der Waals surface area contributed by atoms with Crippen LogP contribution in [0.5, 0.6) is 5.75 Å². The van der Waals surface area contributed by atoms with E-state index >= 15 is 0 Å². The molecule has 0 saturated carbocycles. The molecule has 1 aliphatic rings. The lowest BCUT2D eigenvalue weighted by atomic mass is 9.95. The van der Waals surface area contributed by atoms with Gasteiger partial charge in [-0.2, -0.15) is 13.2 Å². The molecular formula is C27H21BrClF3N2O6S. The molecule has 0 unspecified atom stereocenters. The molecular weight excluding hydrogens is 653 g/mol. The van der Waals surface area contributed by atoms with Crippen molar-refractivity contribution in [3.63, 3.8) is 0 Å². The third-order valence-electron chi connectivity index (χ3n) is 5.69. The van der Waals surface area contributed by atoms with E-state index in [1.54, 1.807) is 25.1 Å². The number of alkyl halides is 3. The average Bonchev–Trinajstić information content (AvgIpc) is 3.22. The Labute approximate surface area is 248 Å². The Kier molecular flexibility index (Phi) is 9.40.